The van der Waals surface area contributed by atoms with Crippen LogP contribution in [0.5, 0.6) is 0 Å². The molecule has 0 aromatic rings. The van der Waals surface area contributed by atoms with Gasteiger partial charge in [-0.05, 0) is 13.3 Å². The summed E-state index contributed by atoms with van der Waals surface area (Å²) < 4.78 is 0.729. The van der Waals surface area contributed by atoms with Crippen molar-refractivity contribution in [3.05, 3.63) is 11.1 Å². The van der Waals surface area contributed by atoms with E-state index in [1.807, 2.05) is 6.92 Å². The van der Waals surface area contributed by atoms with Gasteiger partial charge in [0, 0.05) is 23.2 Å². The first-order chi connectivity index (χ1) is 7.94. The molecule has 94 valence electrons. The molecule has 0 radical (unpaired) electrons. The van der Waals surface area contributed by atoms with E-state index in [0.717, 1.165) is 10.9 Å². The van der Waals surface area contributed by atoms with E-state index >= 15 is 0 Å². The van der Waals surface area contributed by atoms with E-state index in [9.17, 15) is 9.59 Å². The van der Waals surface area contributed by atoms with Gasteiger partial charge in [0.2, 0.25) is 11.8 Å². The smallest absolute Gasteiger partial charge is 0.244 e. The Labute approximate surface area is 113 Å². The maximum Gasteiger partial charge on any atom is 0.244 e. The molecule has 4 nitrogen and oxygen atoms in total. The van der Waals surface area contributed by atoms with Gasteiger partial charge in [0.25, 0.3) is 0 Å². The number of fused-ring (bicyclic) bond motifs is 1. The predicted octanol–water partition coefficient (Wildman–Crippen LogP) is 1.47. The minimum absolute atomic E-state index is 0.0860. The van der Waals surface area contributed by atoms with Crippen molar-refractivity contribution in [2.75, 3.05) is 12.3 Å². The minimum Gasteiger partial charge on any atom is -0.350 e. The van der Waals surface area contributed by atoms with Crippen LogP contribution < -0.4 is 5.32 Å². The Morgan fingerprint density at radius 3 is 3.12 bits per heavy atom. The Hall–Kier alpha value is -0.490. The molecule has 2 heterocycles. The number of halogens is 1. The fourth-order valence-corrected chi connectivity index (χ4v) is 3.89. The molecule has 0 aromatic carbocycles. The van der Waals surface area contributed by atoms with Gasteiger partial charge in [0.1, 0.15) is 6.04 Å². The second-order valence-electron chi connectivity index (χ2n) is 4.50. The molecule has 2 atom stereocenters. The molecule has 2 amide bonds. The lowest BCUT2D eigenvalue weighted by Crippen LogP contribution is -2.50. The zero-order valence-corrected chi connectivity index (χ0v) is 12.1. The van der Waals surface area contributed by atoms with E-state index in [4.69, 9.17) is 0 Å². The first kappa shape index (κ1) is 13.0. The maximum absolute atomic E-state index is 12.0. The number of carbonyl (C=O) groups is 2. The van der Waals surface area contributed by atoms with Crippen LogP contribution in [-0.4, -0.2) is 39.9 Å². The Kier molecular flexibility index (Phi) is 3.54. The van der Waals surface area contributed by atoms with Gasteiger partial charge in [0.15, 0.2) is 0 Å². The summed E-state index contributed by atoms with van der Waals surface area (Å²) in [6.07, 6.45) is 1.39. The molecule has 0 spiro atoms. The van der Waals surface area contributed by atoms with Crippen molar-refractivity contribution in [1.29, 1.82) is 0 Å². The summed E-state index contributed by atoms with van der Waals surface area (Å²) in [5, 5.41) is 2.78. The van der Waals surface area contributed by atoms with Crippen molar-refractivity contribution >= 4 is 39.5 Å². The van der Waals surface area contributed by atoms with Crippen molar-refractivity contribution in [3.8, 4) is 0 Å². The number of hydrogen-bond donors (Lipinski definition) is 1. The van der Waals surface area contributed by atoms with Crippen molar-refractivity contribution in [2.45, 2.75) is 30.7 Å². The quantitative estimate of drug-likeness (QED) is 0.857. The molecule has 2 unspecified atom stereocenters. The SMILES string of the molecule is C=C(Br)CNC(=O)C1CSC2(C)CCC(=O)N12. The van der Waals surface area contributed by atoms with Gasteiger partial charge in [0.05, 0.1) is 4.87 Å². The van der Waals surface area contributed by atoms with Crippen molar-refractivity contribution in [2.24, 2.45) is 0 Å². The van der Waals surface area contributed by atoms with E-state index in [1.54, 1.807) is 16.7 Å². The average Bonchev–Trinajstić information content (AvgIpc) is 2.73. The summed E-state index contributed by atoms with van der Waals surface area (Å²) in [5.74, 6) is 0.690. The zero-order valence-electron chi connectivity index (χ0n) is 9.66. The van der Waals surface area contributed by atoms with Gasteiger partial charge in [-0.15, -0.1) is 11.8 Å². The van der Waals surface area contributed by atoms with E-state index < -0.39 is 0 Å². The highest BCUT2D eigenvalue weighted by atomic mass is 79.9. The summed E-state index contributed by atoms with van der Waals surface area (Å²) >= 11 is 4.90. The third-order valence-electron chi connectivity index (χ3n) is 3.20. The highest BCUT2D eigenvalue weighted by Gasteiger charge is 2.52. The first-order valence-electron chi connectivity index (χ1n) is 5.51. The van der Waals surface area contributed by atoms with Crippen LogP contribution in [0.15, 0.2) is 11.1 Å². The topological polar surface area (TPSA) is 49.4 Å². The number of hydrogen-bond acceptors (Lipinski definition) is 3. The standard InChI is InChI=1S/C11H15BrN2O2S/c1-7(12)5-13-10(16)8-6-17-11(2)4-3-9(15)14(8)11/h8H,1,3-6H2,2H3,(H,13,16). The van der Waals surface area contributed by atoms with E-state index in [1.165, 1.54) is 0 Å². The summed E-state index contributed by atoms with van der Waals surface area (Å²) in [6.45, 7) is 6.11. The van der Waals surface area contributed by atoms with Crippen molar-refractivity contribution in [1.82, 2.24) is 10.2 Å². The van der Waals surface area contributed by atoms with Crippen LogP contribution in [0.25, 0.3) is 0 Å². The molecule has 2 rings (SSSR count). The van der Waals surface area contributed by atoms with Crippen LogP contribution in [0.3, 0.4) is 0 Å². The molecular weight excluding hydrogens is 304 g/mol. The van der Waals surface area contributed by atoms with Crippen molar-refractivity contribution in [3.63, 3.8) is 0 Å². The number of carbonyl (C=O) groups excluding carboxylic acids is 2. The minimum atomic E-state index is -0.327. The largest absolute Gasteiger partial charge is 0.350 e. The molecule has 2 aliphatic heterocycles. The average molecular weight is 319 g/mol. The lowest BCUT2D eigenvalue weighted by Gasteiger charge is -2.29. The van der Waals surface area contributed by atoms with E-state index in [-0.39, 0.29) is 22.7 Å². The monoisotopic (exact) mass is 318 g/mol. The number of amides is 2. The molecule has 2 aliphatic rings. The van der Waals surface area contributed by atoms with E-state index in [0.29, 0.717) is 18.7 Å². The fraction of sp³-hybridized carbons (Fsp3) is 0.636. The molecule has 0 bridgehead atoms. The van der Waals surface area contributed by atoms with Crippen LogP contribution in [0.1, 0.15) is 19.8 Å². The first-order valence-corrected chi connectivity index (χ1v) is 7.29. The molecule has 2 fully saturated rings. The van der Waals surface area contributed by atoms with Gasteiger partial charge in [-0.3, -0.25) is 9.59 Å². The summed E-state index contributed by atoms with van der Waals surface area (Å²) in [7, 11) is 0. The fourth-order valence-electron chi connectivity index (χ4n) is 2.32. The normalized spacial score (nSPS) is 31.5. The van der Waals surface area contributed by atoms with Crippen LogP contribution in [0.4, 0.5) is 0 Å². The number of rotatable bonds is 3. The maximum atomic E-state index is 12.0. The van der Waals surface area contributed by atoms with Gasteiger partial charge in [-0.2, -0.15) is 0 Å². The highest BCUT2D eigenvalue weighted by molar-refractivity contribution is 9.11. The van der Waals surface area contributed by atoms with Crippen molar-refractivity contribution < 1.29 is 9.59 Å². The van der Waals surface area contributed by atoms with E-state index in [2.05, 4.69) is 27.8 Å². The predicted molar refractivity (Wildman–Crippen MR) is 71.8 cm³/mol. The lowest BCUT2D eigenvalue weighted by molar-refractivity contribution is -0.137. The van der Waals surface area contributed by atoms with Gasteiger partial charge >= 0.3 is 0 Å². The lowest BCUT2D eigenvalue weighted by atomic mass is 10.2. The number of nitrogens with zero attached hydrogens (tertiary/aromatic N) is 1. The zero-order chi connectivity index (χ0) is 12.6. The second-order valence-corrected chi connectivity index (χ2v) is 7.12. The van der Waals surface area contributed by atoms with Gasteiger partial charge in [-0.25, -0.2) is 0 Å². The van der Waals surface area contributed by atoms with Crippen LogP contribution >= 0.6 is 27.7 Å². The second kappa shape index (κ2) is 4.65. The molecule has 17 heavy (non-hydrogen) atoms. The number of nitrogens with one attached hydrogen (secondary N) is 1. The number of thioether (sulfide) groups is 1. The summed E-state index contributed by atoms with van der Waals surface area (Å²) in [5.41, 5.74) is 0. The highest BCUT2D eigenvalue weighted by Crippen LogP contribution is 2.47. The molecule has 0 aliphatic carbocycles. The third kappa shape index (κ3) is 2.38. The Morgan fingerprint density at radius 1 is 1.76 bits per heavy atom. The van der Waals surface area contributed by atoms with Crippen LogP contribution in [-0.2, 0) is 9.59 Å². The van der Waals surface area contributed by atoms with Crippen LogP contribution in [0, 0.1) is 0 Å². The Morgan fingerprint density at radius 2 is 2.47 bits per heavy atom. The van der Waals surface area contributed by atoms with Gasteiger partial charge < -0.3 is 10.2 Å². The molecule has 0 saturated carbocycles. The van der Waals surface area contributed by atoms with Crippen LogP contribution in [0.2, 0.25) is 0 Å². The Balaban J connectivity index is 2.05. The summed E-state index contributed by atoms with van der Waals surface area (Å²) in [4.78, 5) is 25.4. The molecule has 0 aromatic heterocycles. The van der Waals surface area contributed by atoms with Gasteiger partial charge in [-0.1, -0.05) is 22.5 Å². The third-order valence-corrected chi connectivity index (χ3v) is 4.99. The Bertz CT molecular complexity index is 388. The summed E-state index contributed by atoms with van der Waals surface area (Å²) in [6, 6.07) is -0.327. The molecule has 1 N–H and O–H groups in total. The molecule has 2 saturated heterocycles. The molecule has 6 heteroatoms. The molecular formula is C11H15BrN2O2S.